The van der Waals surface area contributed by atoms with Crippen LogP contribution in [0.2, 0.25) is 0 Å². The summed E-state index contributed by atoms with van der Waals surface area (Å²) in [6.45, 7) is 5.74. The zero-order chi connectivity index (χ0) is 23.2. The van der Waals surface area contributed by atoms with Crippen LogP contribution in [-0.4, -0.2) is 61.3 Å². The van der Waals surface area contributed by atoms with Crippen LogP contribution in [0.1, 0.15) is 41.5 Å². The average molecular weight is 440 g/mol. The number of nitrogens with zero attached hydrogens (tertiary/aromatic N) is 4. The number of Topliss-reactive ketones (excluding diaryl/α,β-unsaturated/α-hetero) is 1. The monoisotopic (exact) mass is 440 g/mol. The Morgan fingerprint density at radius 2 is 1.88 bits per heavy atom. The molecule has 166 valence electrons. The molecular formula is C22H21FN4O5. The van der Waals surface area contributed by atoms with Crippen LogP contribution < -0.4 is 0 Å². The van der Waals surface area contributed by atoms with Gasteiger partial charge in [0.2, 0.25) is 0 Å². The summed E-state index contributed by atoms with van der Waals surface area (Å²) >= 11 is 0. The van der Waals surface area contributed by atoms with Gasteiger partial charge in [0.1, 0.15) is 11.4 Å². The Morgan fingerprint density at radius 3 is 2.53 bits per heavy atom. The lowest BCUT2D eigenvalue weighted by molar-refractivity contribution is 0.00149. The summed E-state index contributed by atoms with van der Waals surface area (Å²) in [4.78, 5) is 38.5. The molecule has 9 nitrogen and oxygen atoms in total. The Kier molecular flexibility index (Phi) is 5.15. The van der Waals surface area contributed by atoms with E-state index in [0.29, 0.717) is 10.9 Å². The molecule has 32 heavy (non-hydrogen) atoms. The second-order valence-corrected chi connectivity index (χ2v) is 8.59. The molecule has 0 aliphatic carbocycles. The standard InChI is InChI=1S/C22H21FN4O5/c1-22(2,3)32-21(31)26-9-12(10-26)18(28)16-11-27(19-14(16)6-7-24-25-19)17-5-4-13(23)8-15(17)20(29)30/h4-8,11-12H,9-10H2,1-3H3,(H,29,30). The second-order valence-electron chi connectivity index (χ2n) is 8.59. The van der Waals surface area contributed by atoms with E-state index in [0.717, 1.165) is 12.1 Å². The number of carboxylic acid groups (broad SMARTS) is 1. The molecule has 10 heteroatoms. The van der Waals surface area contributed by atoms with Crippen molar-refractivity contribution in [2.75, 3.05) is 13.1 Å². The fraction of sp³-hybridized carbons (Fsp3) is 0.318. The number of carbonyl (C=O) groups is 3. The van der Waals surface area contributed by atoms with Gasteiger partial charge in [0.05, 0.1) is 23.4 Å². The summed E-state index contributed by atoms with van der Waals surface area (Å²) in [6.07, 6.45) is 2.43. The first kappa shape index (κ1) is 21.4. The Bertz CT molecular complexity index is 1240. The van der Waals surface area contributed by atoms with Crippen LogP contribution in [0, 0.1) is 11.7 Å². The van der Waals surface area contributed by atoms with E-state index in [4.69, 9.17) is 4.74 Å². The molecule has 1 saturated heterocycles. The molecule has 0 unspecified atom stereocenters. The van der Waals surface area contributed by atoms with Gasteiger partial charge in [0, 0.05) is 30.2 Å². The predicted molar refractivity (Wildman–Crippen MR) is 111 cm³/mol. The molecule has 0 saturated carbocycles. The van der Waals surface area contributed by atoms with Crippen LogP contribution in [0.3, 0.4) is 0 Å². The first-order valence-electron chi connectivity index (χ1n) is 9.93. The third kappa shape index (κ3) is 3.91. The summed E-state index contributed by atoms with van der Waals surface area (Å²) in [5.74, 6) is -2.64. The summed E-state index contributed by atoms with van der Waals surface area (Å²) in [5.41, 5.74) is -0.147. The van der Waals surface area contributed by atoms with E-state index in [-0.39, 0.29) is 35.8 Å². The van der Waals surface area contributed by atoms with E-state index in [1.807, 2.05) is 0 Å². The minimum Gasteiger partial charge on any atom is -0.478 e. The van der Waals surface area contributed by atoms with Gasteiger partial charge in [0.15, 0.2) is 11.4 Å². The van der Waals surface area contributed by atoms with Gasteiger partial charge in [-0.2, -0.15) is 5.10 Å². The average Bonchev–Trinajstić information content (AvgIpc) is 3.05. The SMILES string of the molecule is CC(C)(C)OC(=O)N1CC(C(=O)c2cn(-c3ccc(F)cc3C(=O)O)c3nnccc23)C1. The molecular weight excluding hydrogens is 419 g/mol. The maximum atomic E-state index is 13.6. The topological polar surface area (TPSA) is 115 Å². The van der Waals surface area contributed by atoms with E-state index < -0.39 is 29.4 Å². The minimum atomic E-state index is -1.31. The highest BCUT2D eigenvalue weighted by Crippen LogP contribution is 2.30. The number of rotatable bonds is 4. The molecule has 0 spiro atoms. The fourth-order valence-electron chi connectivity index (χ4n) is 3.58. The molecule has 0 atom stereocenters. The van der Waals surface area contributed by atoms with Gasteiger partial charge in [-0.15, -0.1) is 5.10 Å². The minimum absolute atomic E-state index is 0.160. The number of carboxylic acids is 1. The quantitative estimate of drug-likeness (QED) is 0.619. The number of ether oxygens (including phenoxy) is 1. The van der Waals surface area contributed by atoms with Gasteiger partial charge >= 0.3 is 12.1 Å². The molecule has 1 N–H and O–H groups in total. The van der Waals surface area contributed by atoms with Gasteiger partial charge < -0.3 is 14.7 Å². The van der Waals surface area contributed by atoms with Crippen LogP contribution in [0.15, 0.2) is 36.7 Å². The lowest BCUT2D eigenvalue weighted by atomic mass is 9.91. The molecule has 1 fully saturated rings. The number of ketones is 1. The van der Waals surface area contributed by atoms with Crippen molar-refractivity contribution in [3.63, 3.8) is 0 Å². The zero-order valence-corrected chi connectivity index (χ0v) is 17.7. The van der Waals surface area contributed by atoms with Crippen molar-refractivity contribution in [1.29, 1.82) is 0 Å². The molecule has 1 aliphatic rings. The van der Waals surface area contributed by atoms with E-state index in [1.54, 1.807) is 26.8 Å². The number of benzene rings is 1. The van der Waals surface area contributed by atoms with Gasteiger partial charge in [-0.25, -0.2) is 14.0 Å². The third-order valence-corrected chi connectivity index (χ3v) is 5.10. The number of hydrogen-bond acceptors (Lipinski definition) is 6. The maximum absolute atomic E-state index is 13.6. The number of halogens is 1. The lowest BCUT2D eigenvalue weighted by Crippen LogP contribution is -2.54. The zero-order valence-electron chi connectivity index (χ0n) is 17.7. The number of aromatic nitrogens is 3. The van der Waals surface area contributed by atoms with Crippen LogP contribution in [0.25, 0.3) is 16.7 Å². The number of aromatic carboxylic acids is 1. The molecule has 3 heterocycles. The highest BCUT2D eigenvalue weighted by atomic mass is 19.1. The number of carbonyl (C=O) groups excluding carboxylic acids is 2. The van der Waals surface area contributed by atoms with E-state index in [1.165, 1.54) is 27.9 Å². The highest BCUT2D eigenvalue weighted by molar-refractivity contribution is 6.09. The normalized spacial score (nSPS) is 14.3. The van der Waals surface area contributed by atoms with Crippen molar-refractivity contribution in [2.45, 2.75) is 26.4 Å². The number of fused-ring (bicyclic) bond motifs is 1. The van der Waals surface area contributed by atoms with Crippen LogP contribution in [0.5, 0.6) is 0 Å². The third-order valence-electron chi connectivity index (χ3n) is 5.10. The van der Waals surface area contributed by atoms with Crippen molar-refractivity contribution in [3.05, 3.63) is 53.6 Å². The molecule has 2 aromatic heterocycles. The van der Waals surface area contributed by atoms with Crippen molar-refractivity contribution >= 4 is 28.9 Å². The van der Waals surface area contributed by atoms with E-state index >= 15 is 0 Å². The van der Waals surface area contributed by atoms with Gasteiger partial charge in [-0.1, -0.05) is 0 Å². The first-order chi connectivity index (χ1) is 15.0. The van der Waals surface area contributed by atoms with E-state index in [9.17, 15) is 23.9 Å². The Hall–Kier alpha value is -3.82. The van der Waals surface area contributed by atoms with Gasteiger partial charge in [0.25, 0.3) is 0 Å². The maximum Gasteiger partial charge on any atom is 0.410 e. The molecule has 3 aromatic rings. The number of amides is 1. The van der Waals surface area contributed by atoms with E-state index in [2.05, 4.69) is 10.2 Å². The Labute approximate surface area is 182 Å². The molecule has 0 radical (unpaired) electrons. The smallest absolute Gasteiger partial charge is 0.410 e. The molecule has 1 amide bonds. The second kappa shape index (κ2) is 7.70. The van der Waals surface area contributed by atoms with Crippen LogP contribution in [-0.2, 0) is 4.74 Å². The molecule has 0 bridgehead atoms. The van der Waals surface area contributed by atoms with Gasteiger partial charge in [-0.05, 0) is 45.0 Å². The molecule has 1 aliphatic heterocycles. The summed E-state index contributed by atoms with van der Waals surface area (Å²) < 4.78 is 20.4. The van der Waals surface area contributed by atoms with Crippen molar-refractivity contribution in [2.24, 2.45) is 5.92 Å². The van der Waals surface area contributed by atoms with Crippen molar-refractivity contribution in [1.82, 2.24) is 19.7 Å². The van der Waals surface area contributed by atoms with Crippen LogP contribution in [0.4, 0.5) is 9.18 Å². The molecule has 4 rings (SSSR count). The Morgan fingerprint density at radius 1 is 1.16 bits per heavy atom. The summed E-state index contributed by atoms with van der Waals surface area (Å²) in [6, 6.07) is 4.97. The number of hydrogen-bond donors (Lipinski definition) is 1. The van der Waals surface area contributed by atoms with Crippen molar-refractivity contribution in [3.8, 4) is 5.69 Å². The summed E-state index contributed by atoms with van der Waals surface area (Å²) in [5, 5.41) is 17.9. The van der Waals surface area contributed by atoms with Gasteiger partial charge in [-0.3, -0.25) is 9.36 Å². The fourth-order valence-corrected chi connectivity index (χ4v) is 3.58. The number of likely N-dealkylation sites (tertiary alicyclic amines) is 1. The molecule has 1 aromatic carbocycles. The lowest BCUT2D eigenvalue weighted by Gasteiger charge is -2.38. The summed E-state index contributed by atoms with van der Waals surface area (Å²) in [7, 11) is 0. The highest BCUT2D eigenvalue weighted by Gasteiger charge is 2.39. The first-order valence-corrected chi connectivity index (χ1v) is 9.93. The Balaban J connectivity index is 1.66. The largest absolute Gasteiger partial charge is 0.478 e. The predicted octanol–water partition coefficient (Wildman–Crippen LogP) is 3.31. The van der Waals surface area contributed by atoms with Crippen LogP contribution >= 0.6 is 0 Å². The van der Waals surface area contributed by atoms with Crippen molar-refractivity contribution < 1.29 is 28.6 Å².